The third-order valence-electron chi connectivity index (χ3n) is 7.71. The summed E-state index contributed by atoms with van der Waals surface area (Å²) in [4.78, 5) is 22.8. The molecule has 0 saturated carbocycles. The Kier molecular flexibility index (Phi) is 6.08. The summed E-state index contributed by atoms with van der Waals surface area (Å²) in [6, 6.07) is 18.4. The maximum atomic E-state index is 13.2. The number of fused-ring (bicyclic) bond motifs is 3. The number of halogens is 3. The van der Waals surface area contributed by atoms with E-state index < -0.39 is 23.6 Å². The second-order valence-corrected chi connectivity index (χ2v) is 10.3. The van der Waals surface area contributed by atoms with Gasteiger partial charge in [-0.2, -0.15) is 18.3 Å². The number of esters is 1. The Labute approximate surface area is 237 Å². The number of carbonyl (C=O) groups is 1. The van der Waals surface area contributed by atoms with E-state index in [9.17, 15) is 23.1 Å². The van der Waals surface area contributed by atoms with Crippen LogP contribution in [-0.2, 0) is 4.79 Å². The van der Waals surface area contributed by atoms with E-state index in [1.165, 1.54) is 12.1 Å². The molecule has 212 valence electrons. The molecule has 0 aliphatic carbocycles. The fourth-order valence-corrected chi connectivity index (χ4v) is 5.80. The monoisotopic (exact) mass is 572 g/mol. The Morgan fingerprint density at radius 1 is 1.00 bits per heavy atom. The standard InChI is InChI=1S/C30H23F3N6O3/c31-30(32,33)29(41)42-27-22(2-1-3-24(27)40)25-26(18-8-11-34-12-9-18)37-39-23(10-13-35-28(25)39)17-4-6-20(7-5-17)38-16-19-14-21(38)15-36-19/h1-13,19,21,36,40H,14-16H2/t19-,21-/m0/s1. The highest BCUT2D eigenvalue weighted by atomic mass is 19.4. The number of phenolic OH excluding ortho intramolecular Hbond substituents is 1. The van der Waals surface area contributed by atoms with E-state index in [4.69, 9.17) is 9.84 Å². The Balaban J connectivity index is 1.38. The van der Waals surface area contributed by atoms with Crippen LogP contribution in [0.25, 0.3) is 39.3 Å². The highest BCUT2D eigenvalue weighted by Crippen LogP contribution is 2.44. The third-order valence-corrected chi connectivity index (χ3v) is 7.71. The van der Waals surface area contributed by atoms with Crippen LogP contribution in [0, 0.1) is 0 Å². The lowest BCUT2D eigenvalue weighted by Crippen LogP contribution is -2.43. The summed E-state index contributed by atoms with van der Waals surface area (Å²) < 4.78 is 45.8. The normalized spacial score (nSPS) is 18.1. The molecule has 0 amide bonds. The molecule has 2 bridgehead atoms. The molecule has 5 aromatic rings. The van der Waals surface area contributed by atoms with Gasteiger partial charge in [-0.05, 0) is 42.8 Å². The van der Waals surface area contributed by atoms with Gasteiger partial charge in [0.2, 0.25) is 0 Å². The number of benzene rings is 2. The quantitative estimate of drug-likeness (QED) is 0.228. The molecule has 2 aliphatic rings. The number of ether oxygens (including phenoxy) is 1. The van der Waals surface area contributed by atoms with Gasteiger partial charge in [0.05, 0.1) is 11.3 Å². The van der Waals surface area contributed by atoms with E-state index >= 15 is 0 Å². The average Bonchev–Trinajstić information content (AvgIpc) is 3.73. The van der Waals surface area contributed by atoms with E-state index in [1.807, 2.05) is 12.1 Å². The van der Waals surface area contributed by atoms with Crippen LogP contribution in [0.2, 0.25) is 0 Å². The van der Waals surface area contributed by atoms with Gasteiger partial charge < -0.3 is 20.1 Å². The number of alkyl halides is 3. The average molecular weight is 573 g/mol. The molecule has 42 heavy (non-hydrogen) atoms. The van der Waals surface area contributed by atoms with Crippen molar-refractivity contribution in [3.63, 3.8) is 0 Å². The largest absolute Gasteiger partial charge is 0.504 e. The van der Waals surface area contributed by atoms with Crippen LogP contribution in [0.15, 0.2) is 79.3 Å². The first kappa shape index (κ1) is 26.0. The van der Waals surface area contributed by atoms with Gasteiger partial charge in [-0.25, -0.2) is 14.3 Å². The summed E-state index contributed by atoms with van der Waals surface area (Å²) >= 11 is 0. The summed E-state index contributed by atoms with van der Waals surface area (Å²) in [5.41, 5.74) is 4.21. The van der Waals surface area contributed by atoms with Crippen molar-refractivity contribution in [1.82, 2.24) is 24.9 Å². The Bertz CT molecular complexity index is 1810. The number of phenols is 1. The molecule has 2 atom stereocenters. The van der Waals surface area contributed by atoms with Gasteiger partial charge >= 0.3 is 12.1 Å². The number of nitrogens with one attached hydrogen (secondary N) is 1. The molecule has 7 rings (SSSR count). The second-order valence-electron chi connectivity index (χ2n) is 10.3. The lowest BCUT2D eigenvalue weighted by atomic mass is 10.0. The van der Waals surface area contributed by atoms with Crippen LogP contribution in [0.5, 0.6) is 11.5 Å². The molecule has 0 unspecified atom stereocenters. The van der Waals surface area contributed by atoms with Crippen LogP contribution < -0.4 is 15.0 Å². The Morgan fingerprint density at radius 2 is 1.79 bits per heavy atom. The molecule has 3 aromatic heterocycles. The van der Waals surface area contributed by atoms with Crippen molar-refractivity contribution in [2.24, 2.45) is 0 Å². The van der Waals surface area contributed by atoms with Gasteiger partial charge in [-0.3, -0.25) is 4.98 Å². The van der Waals surface area contributed by atoms with Gasteiger partial charge in [0, 0.05) is 66.1 Å². The molecule has 2 N–H and O–H groups in total. The summed E-state index contributed by atoms with van der Waals surface area (Å²) in [6.45, 7) is 1.94. The van der Waals surface area contributed by atoms with Crippen molar-refractivity contribution in [3.05, 3.63) is 79.3 Å². The number of anilines is 1. The number of aromatic hydroxyl groups is 1. The second kappa shape index (κ2) is 9.84. The molecule has 12 heteroatoms. The summed E-state index contributed by atoms with van der Waals surface area (Å²) in [5, 5.41) is 18.9. The van der Waals surface area contributed by atoms with E-state index in [-0.39, 0.29) is 11.1 Å². The minimum atomic E-state index is -5.27. The van der Waals surface area contributed by atoms with Crippen LogP contribution in [-0.4, -0.2) is 62.0 Å². The van der Waals surface area contributed by atoms with Crippen molar-refractivity contribution < 1.29 is 27.8 Å². The number of carbonyl (C=O) groups excluding carboxylic acids is 1. The minimum Gasteiger partial charge on any atom is -0.504 e. The van der Waals surface area contributed by atoms with Gasteiger partial charge in [-0.15, -0.1) is 0 Å². The van der Waals surface area contributed by atoms with Gasteiger partial charge in [0.1, 0.15) is 5.69 Å². The van der Waals surface area contributed by atoms with E-state index in [0.29, 0.717) is 34.7 Å². The van der Waals surface area contributed by atoms with Crippen molar-refractivity contribution >= 4 is 17.3 Å². The number of nitrogens with zero attached hydrogens (tertiary/aromatic N) is 5. The highest BCUT2D eigenvalue weighted by Gasteiger charge is 2.42. The fraction of sp³-hybridized carbons (Fsp3) is 0.200. The topological polar surface area (TPSA) is 105 Å². The number of hydrogen-bond acceptors (Lipinski definition) is 8. The SMILES string of the molecule is O=C(Oc1c(O)cccc1-c1c(-c2ccncc2)nn2c(-c3ccc(N4C[C@@H]5C[C@H]4CN5)cc3)ccnc12)C(F)(F)F. The Hall–Kier alpha value is -4.97. The van der Waals surface area contributed by atoms with Crippen LogP contribution >= 0.6 is 0 Å². The molecule has 9 nitrogen and oxygen atoms in total. The number of hydrogen-bond donors (Lipinski definition) is 2. The molecule has 0 spiro atoms. The Morgan fingerprint density at radius 3 is 2.48 bits per heavy atom. The molecular formula is C30H23F3N6O3. The van der Waals surface area contributed by atoms with Crippen LogP contribution in [0.3, 0.4) is 0 Å². The number of para-hydroxylation sites is 1. The molecule has 2 fully saturated rings. The van der Waals surface area contributed by atoms with E-state index in [0.717, 1.165) is 36.8 Å². The molecule has 2 aliphatic heterocycles. The minimum absolute atomic E-state index is 0.0205. The van der Waals surface area contributed by atoms with Crippen molar-refractivity contribution in [1.29, 1.82) is 0 Å². The molecule has 5 heterocycles. The smallest absolute Gasteiger partial charge is 0.491 e. The van der Waals surface area contributed by atoms with Gasteiger partial charge in [0.15, 0.2) is 17.1 Å². The summed E-state index contributed by atoms with van der Waals surface area (Å²) in [6.07, 6.45) is 0.566. The lowest BCUT2D eigenvalue weighted by Gasteiger charge is -2.29. The molecule has 0 radical (unpaired) electrons. The first-order valence-electron chi connectivity index (χ1n) is 13.3. The highest BCUT2D eigenvalue weighted by molar-refractivity contribution is 5.95. The zero-order valence-corrected chi connectivity index (χ0v) is 21.9. The predicted octanol–water partition coefficient (Wildman–Crippen LogP) is 4.85. The lowest BCUT2D eigenvalue weighted by molar-refractivity contribution is -0.189. The summed E-state index contributed by atoms with van der Waals surface area (Å²) in [7, 11) is 0. The number of pyridine rings is 1. The molecule has 2 aromatic carbocycles. The van der Waals surface area contributed by atoms with Crippen LogP contribution in [0.4, 0.5) is 18.9 Å². The summed E-state index contributed by atoms with van der Waals surface area (Å²) in [5.74, 6) is -3.73. The first-order valence-corrected chi connectivity index (χ1v) is 13.3. The van der Waals surface area contributed by atoms with E-state index in [2.05, 4.69) is 32.3 Å². The molecular weight excluding hydrogens is 549 g/mol. The van der Waals surface area contributed by atoms with Gasteiger partial charge in [0.25, 0.3) is 0 Å². The van der Waals surface area contributed by atoms with E-state index in [1.54, 1.807) is 41.3 Å². The van der Waals surface area contributed by atoms with Gasteiger partial charge in [-0.1, -0.05) is 24.3 Å². The first-order chi connectivity index (χ1) is 20.3. The van der Waals surface area contributed by atoms with Crippen molar-refractivity contribution in [3.8, 4) is 45.1 Å². The maximum Gasteiger partial charge on any atom is 0.491 e. The number of piperazine rings is 1. The van der Waals surface area contributed by atoms with Crippen molar-refractivity contribution in [2.75, 3.05) is 18.0 Å². The molecule has 2 saturated heterocycles. The zero-order chi connectivity index (χ0) is 29.0. The maximum absolute atomic E-state index is 13.2. The third kappa shape index (κ3) is 4.40. The predicted molar refractivity (Wildman–Crippen MR) is 148 cm³/mol. The zero-order valence-electron chi connectivity index (χ0n) is 21.9. The van der Waals surface area contributed by atoms with Crippen molar-refractivity contribution in [2.45, 2.75) is 24.7 Å². The fourth-order valence-electron chi connectivity index (χ4n) is 5.80. The van der Waals surface area contributed by atoms with Crippen LogP contribution in [0.1, 0.15) is 6.42 Å². The number of rotatable bonds is 5. The number of aromatic nitrogens is 4.